The zero-order chi connectivity index (χ0) is 9.26. The molecule has 0 unspecified atom stereocenters. The Hall–Kier alpha value is -0.620. The van der Waals surface area contributed by atoms with E-state index < -0.39 is 0 Å². The van der Waals surface area contributed by atoms with Crippen LogP contribution in [0.4, 0.5) is 0 Å². The van der Waals surface area contributed by atoms with Crippen molar-refractivity contribution < 1.29 is 4.42 Å². The van der Waals surface area contributed by atoms with E-state index in [0.29, 0.717) is 5.89 Å². The van der Waals surface area contributed by atoms with Gasteiger partial charge in [0.05, 0.1) is 0 Å². The van der Waals surface area contributed by atoms with Gasteiger partial charge in [0.15, 0.2) is 0 Å². The maximum atomic E-state index is 5.50. The predicted molar refractivity (Wildman–Crippen MR) is 57.5 cm³/mol. The molecule has 0 atom stereocenters. The van der Waals surface area contributed by atoms with E-state index in [0.717, 1.165) is 9.13 Å². The molecule has 0 aliphatic rings. The lowest BCUT2D eigenvalue weighted by Crippen LogP contribution is -1.77. The molecular weight excluding hydrogens is 302 g/mol. The summed E-state index contributed by atoms with van der Waals surface area (Å²) in [5.74, 6) is 0.446. The molecule has 0 radical (unpaired) electrons. The zero-order valence-corrected chi connectivity index (χ0v) is 9.28. The highest BCUT2D eigenvalue weighted by Crippen LogP contribution is 2.20. The molecule has 0 saturated heterocycles. The van der Waals surface area contributed by atoms with Crippen LogP contribution in [0.5, 0.6) is 0 Å². The van der Waals surface area contributed by atoms with Crippen LogP contribution in [0, 0.1) is 3.57 Å². The highest BCUT2D eigenvalue weighted by Gasteiger charge is 2.05. The first-order valence-electron chi connectivity index (χ1n) is 3.50. The summed E-state index contributed by atoms with van der Waals surface area (Å²) >= 11 is 7.73. The zero-order valence-electron chi connectivity index (χ0n) is 6.37. The van der Waals surface area contributed by atoms with E-state index in [1.54, 1.807) is 0 Å². The van der Waals surface area contributed by atoms with E-state index in [-0.39, 0.29) is 5.35 Å². The molecule has 0 saturated carbocycles. The third-order valence-electron chi connectivity index (χ3n) is 1.49. The summed E-state index contributed by atoms with van der Waals surface area (Å²) in [6.07, 6.45) is 0. The fourth-order valence-corrected chi connectivity index (χ4v) is 1.38. The molecule has 13 heavy (non-hydrogen) atoms. The van der Waals surface area contributed by atoms with E-state index in [4.69, 9.17) is 16.0 Å². The van der Waals surface area contributed by atoms with Gasteiger partial charge in [0.2, 0.25) is 5.89 Å². The smallest absolute Gasteiger partial charge is 0.313 e. The van der Waals surface area contributed by atoms with Crippen molar-refractivity contribution in [2.75, 3.05) is 0 Å². The molecule has 0 aliphatic heterocycles. The van der Waals surface area contributed by atoms with Gasteiger partial charge in [-0.2, -0.15) is 0 Å². The lowest BCUT2D eigenvalue weighted by Gasteiger charge is -1.93. The van der Waals surface area contributed by atoms with Crippen LogP contribution in [0.15, 0.2) is 28.7 Å². The molecule has 1 aromatic carbocycles. The summed E-state index contributed by atoms with van der Waals surface area (Å²) in [5, 5.41) is 7.39. The van der Waals surface area contributed by atoms with Crippen molar-refractivity contribution >= 4 is 34.2 Å². The number of rotatable bonds is 1. The Balaban J connectivity index is 2.41. The highest BCUT2D eigenvalue weighted by atomic mass is 127. The molecule has 1 heterocycles. The molecule has 0 amide bonds. The first-order valence-corrected chi connectivity index (χ1v) is 4.96. The van der Waals surface area contributed by atoms with Crippen molar-refractivity contribution in [2.45, 2.75) is 0 Å². The first kappa shape index (κ1) is 8.96. The van der Waals surface area contributed by atoms with Crippen LogP contribution in [0.2, 0.25) is 5.35 Å². The fourth-order valence-electron chi connectivity index (χ4n) is 0.914. The van der Waals surface area contributed by atoms with E-state index in [1.807, 2.05) is 24.3 Å². The lowest BCUT2D eigenvalue weighted by molar-refractivity contribution is 0.571. The van der Waals surface area contributed by atoms with Crippen LogP contribution in [0.1, 0.15) is 0 Å². The Morgan fingerprint density at radius 3 is 2.38 bits per heavy atom. The second kappa shape index (κ2) is 3.63. The summed E-state index contributed by atoms with van der Waals surface area (Å²) in [6, 6.07) is 7.75. The van der Waals surface area contributed by atoms with Gasteiger partial charge >= 0.3 is 5.35 Å². The molecule has 5 heteroatoms. The quantitative estimate of drug-likeness (QED) is 0.760. The molecule has 0 spiro atoms. The Kier molecular flexibility index (Phi) is 2.50. The van der Waals surface area contributed by atoms with Crippen LogP contribution in [-0.4, -0.2) is 10.2 Å². The monoisotopic (exact) mass is 306 g/mol. The van der Waals surface area contributed by atoms with Crippen molar-refractivity contribution in [3.63, 3.8) is 0 Å². The number of hydrogen-bond donors (Lipinski definition) is 0. The Labute approximate surface area is 93.3 Å². The van der Waals surface area contributed by atoms with Crippen LogP contribution in [0.3, 0.4) is 0 Å². The van der Waals surface area contributed by atoms with Gasteiger partial charge in [0.25, 0.3) is 0 Å². The number of halogens is 2. The largest absolute Gasteiger partial charge is 0.407 e. The third kappa shape index (κ3) is 2.00. The molecule has 2 rings (SSSR count). The van der Waals surface area contributed by atoms with Gasteiger partial charge in [0.1, 0.15) is 0 Å². The normalized spacial score (nSPS) is 10.3. The Morgan fingerprint density at radius 1 is 1.15 bits per heavy atom. The summed E-state index contributed by atoms with van der Waals surface area (Å²) < 4.78 is 6.21. The predicted octanol–water partition coefficient (Wildman–Crippen LogP) is 2.99. The summed E-state index contributed by atoms with van der Waals surface area (Å²) in [7, 11) is 0. The maximum Gasteiger partial charge on any atom is 0.313 e. The molecule has 1 aromatic heterocycles. The topological polar surface area (TPSA) is 38.9 Å². The Bertz CT molecular complexity index is 412. The number of benzene rings is 1. The van der Waals surface area contributed by atoms with Gasteiger partial charge in [-0.15, -0.1) is 5.10 Å². The molecule has 66 valence electrons. The number of aromatic nitrogens is 2. The van der Waals surface area contributed by atoms with E-state index in [2.05, 4.69) is 32.8 Å². The third-order valence-corrected chi connectivity index (χ3v) is 2.36. The molecule has 0 bridgehead atoms. The average molecular weight is 306 g/mol. The van der Waals surface area contributed by atoms with Gasteiger partial charge in [-0.05, 0) is 58.5 Å². The summed E-state index contributed by atoms with van der Waals surface area (Å²) in [6.45, 7) is 0. The number of hydrogen-bond acceptors (Lipinski definition) is 3. The van der Waals surface area contributed by atoms with Crippen molar-refractivity contribution in [3.8, 4) is 11.5 Å². The van der Waals surface area contributed by atoms with Crippen LogP contribution in [0.25, 0.3) is 11.5 Å². The standard InChI is InChI=1S/C8H4ClIN2O/c9-8-12-11-7(13-8)5-1-3-6(10)4-2-5/h1-4H. The van der Waals surface area contributed by atoms with Gasteiger partial charge in [-0.1, -0.05) is 5.10 Å². The average Bonchev–Trinajstić information content (AvgIpc) is 2.53. The lowest BCUT2D eigenvalue weighted by atomic mass is 10.2. The van der Waals surface area contributed by atoms with E-state index >= 15 is 0 Å². The van der Waals surface area contributed by atoms with Crippen LogP contribution in [-0.2, 0) is 0 Å². The molecular formula is C8H4ClIN2O. The van der Waals surface area contributed by atoms with Gasteiger partial charge in [-0.25, -0.2) is 0 Å². The molecule has 0 N–H and O–H groups in total. The Morgan fingerprint density at radius 2 is 1.85 bits per heavy atom. The fraction of sp³-hybridized carbons (Fsp3) is 0. The van der Waals surface area contributed by atoms with Crippen molar-refractivity contribution in [1.82, 2.24) is 10.2 Å². The minimum Gasteiger partial charge on any atom is -0.407 e. The second-order valence-electron chi connectivity index (χ2n) is 2.37. The number of nitrogens with zero attached hydrogens (tertiary/aromatic N) is 2. The van der Waals surface area contributed by atoms with Crippen molar-refractivity contribution in [2.24, 2.45) is 0 Å². The molecule has 0 aliphatic carbocycles. The SMILES string of the molecule is Clc1nnc(-c2ccc(I)cc2)o1. The van der Waals surface area contributed by atoms with E-state index in [9.17, 15) is 0 Å². The van der Waals surface area contributed by atoms with Crippen molar-refractivity contribution in [3.05, 3.63) is 33.2 Å². The van der Waals surface area contributed by atoms with Gasteiger partial charge in [-0.3, -0.25) is 0 Å². The van der Waals surface area contributed by atoms with Gasteiger partial charge in [0, 0.05) is 9.13 Å². The molecule has 2 aromatic rings. The highest BCUT2D eigenvalue weighted by molar-refractivity contribution is 14.1. The maximum absolute atomic E-state index is 5.50. The van der Waals surface area contributed by atoms with Crippen LogP contribution >= 0.6 is 34.2 Å². The van der Waals surface area contributed by atoms with Gasteiger partial charge < -0.3 is 4.42 Å². The molecule has 0 fully saturated rings. The minimum absolute atomic E-state index is 0.0635. The second-order valence-corrected chi connectivity index (χ2v) is 3.94. The first-order chi connectivity index (χ1) is 6.25. The van der Waals surface area contributed by atoms with E-state index in [1.165, 1.54) is 0 Å². The summed E-state index contributed by atoms with van der Waals surface area (Å²) in [5.41, 5.74) is 0.875. The summed E-state index contributed by atoms with van der Waals surface area (Å²) in [4.78, 5) is 0. The van der Waals surface area contributed by atoms with Crippen LogP contribution < -0.4 is 0 Å². The minimum atomic E-state index is 0.0635. The van der Waals surface area contributed by atoms with Crippen molar-refractivity contribution in [1.29, 1.82) is 0 Å². The molecule has 3 nitrogen and oxygen atoms in total.